The maximum absolute atomic E-state index is 11.6. The molecule has 1 heterocycles. The third-order valence-electron chi connectivity index (χ3n) is 6.24. The van der Waals surface area contributed by atoms with Crippen molar-refractivity contribution < 1.29 is 13.9 Å². The lowest BCUT2D eigenvalue weighted by Crippen LogP contribution is -2.37. The van der Waals surface area contributed by atoms with Gasteiger partial charge in [0, 0.05) is 5.56 Å². The molecule has 2 fully saturated rings. The number of furan rings is 1. The van der Waals surface area contributed by atoms with E-state index < -0.39 is 5.91 Å². The van der Waals surface area contributed by atoms with Crippen molar-refractivity contribution in [2.75, 3.05) is 0 Å². The van der Waals surface area contributed by atoms with E-state index in [1.54, 1.807) is 6.07 Å². The highest BCUT2D eigenvalue weighted by molar-refractivity contribution is 5.92. The van der Waals surface area contributed by atoms with Crippen molar-refractivity contribution in [2.24, 2.45) is 22.6 Å². The van der Waals surface area contributed by atoms with E-state index in [-0.39, 0.29) is 17.3 Å². The number of carbonyl (C=O) groups excluding carboxylic acids is 1. The second-order valence-corrected chi connectivity index (χ2v) is 7.16. The van der Waals surface area contributed by atoms with E-state index >= 15 is 0 Å². The van der Waals surface area contributed by atoms with Crippen molar-refractivity contribution in [3.05, 3.63) is 23.7 Å². The summed E-state index contributed by atoms with van der Waals surface area (Å²) in [6, 6.07) is 1.77. The molecule has 0 aromatic carbocycles. The van der Waals surface area contributed by atoms with Crippen LogP contribution in [0.3, 0.4) is 0 Å². The second-order valence-electron chi connectivity index (χ2n) is 7.16. The van der Waals surface area contributed by atoms with E-state index in [4.69, 9.17) is 15.0 Å². The lowest BCUT2D eigenvalue weighted by molar-refractivity contribution is -0.0553. The first-order valence-corrected chi connectivity index (χ1v) is 7.59. The Morgan fingerprint density at radius 1 is 1.52 bits per heavy atom. The third kappa shape index (κ3) is 2.02. The number of hydrogen-bond acceptors (Lipinski definition) is 4. The molecule has 1 amide bonds. The molecule has 0 spiro atoms. The number of amides is 1. The van der Waals surface area contributed by atoms with Gasteiger partial charge in [-0.2, -0.15) is 0 Å². The van der Waals surface area contributed by atoms with Crippen LogP contribution in [0.4, 0.5) is 0 Å². The van der Waals surface area contributed by atoms with Gasteiger partial charge in [0.2, 0.25) is 0 Å². The van der Waals surface area contributed by atoms with E-state index in [0.29, 0.717) is 12.0 Å². The minimum atomic E-state index is -0.418. The molecule has 2 aliphatic carbocycles. The van der Waals surface area contributed by atoms with Crippen LogP contribution < -0.4 is 11.3 Å². The minimum absolute atomic E-state index is 0.220. The van der Waals surface area contributed by atoms with Gasteiger partial charge in [-0.1, -0.05) is 20.8 Å². The SMILES string of the molecule is CC1(C)C2CCC1(C)C(OCc1ccoc1C(=O)NN)C2. The smallest absolute Gasteiger partial charge is 0.301 e. The zero-order valence-electron chi connectivity index (χ0n) is 12.9. The molecule has 5 nitrogen and oxygen atoms in total. The first-order valence-electron chi connectivity index (χ1n) is 7.59. The molecule has 3 unspecified atom stereocenters. The number of hydrazine groups is 1. The zero-order valence-corrected chi connectivity index (χ0v) is 12.9. The summed E-state index contributed by atoms with van der Waals surface area (Å²) < 4.78 is 11.4. The maximum Gasteiger partial charge on any atom is 0.301 e. The van der Waals surface area contributed by atoms with E-state index in [2.05, 4.69) is 26.2 Å². The molecule has 21 heavy (non-hydrogen) atoms. The molecule has 2 bridgehead atoms. The average molecular weight is 292 g/mol. The lowest BCUT2D eigenvalue weighted by Gasteiger charge is -2.38. The summed E-state index contributed by atoms with van der Waals surface area (Å²) in [6.07, 6.45) is 5.37. The Morgan fingerprint density at radius 2 is 2.29 bits per heavy atom. The van der Waals surface area contributed by atoms with Crippen LogP contribution in [0.1, 0.15) is 56.2 Å². The summed E-state index contributed by atoms with van der Waals surface area (Å²) in [4.78, 5) is 11.6. The fourth-order valence-corrected chi connectivity index (χ4v) is 4.29. The van der Waals surface area contributed by atoms with Crippen LogP contribution in [-0.2, 0) is 11.3 Å². The highest BCUT2D eigenvalue weighted by Gasteiger charge is 2.61. The van der Waals surface area contributed by atoms with Crippen molar-refractivity contribution >= 4 is 5.91 Å². The van der Waals surface area contributed by atoms with Crippen molar-refractivity contribution in [3.8, 4) is 0 Å². The summed E-state index contributed by atoms with van der Waals surface area (Å²) in [5, 5.41) is 0. The van der Waals surface area contributed by atoms with Gasteiger partial charge < -0.3 is 9.15 Å². The number of carbonyl (C=O) groups is 1. The second kappa shape index (κ2) is 4.85. The first-order chi connectivity index (χ1) is 9.90. The molecule has 0 saturated heterocycles. The predicted molar refractivity (Wildman–Crippen MR) is 78.2 cm³/mol. The summed E-state index contributed by atoms with van der Waals surface area (Å²) in [7, 11) is 0. The number of fused-ring (bicyclic) bond motifs is 2. The van der Waals surface area contributed by atoms with Gasteiger partial charge in [-0.05, 0) is 42.1 Å². The highest BCUT2D eigenvalue weighted by atomic mass is 16.5. The number of rotatable bonds is 4. The molecule has 0 radical (unpaired) electrons. The van der Waals surface area contributed by atoms with Crippen molar-refractivity contribution in [1.82, 2.24) is 5.43 Å². The summed E-state index contributed by atoms with van der Waals surface area (Å²) in [6.45, 7) is 7.45. The standard InChI is InChI=1S/C16H24N2O3/c1-15(2)11-4-6-16(15,3)12(8-11)21-9-10-5-7-20-13(10)14(19)18-17/h5,7,11-12H,4,6,8-9,17H2,1-3H3,(H,18,19). The predicted octanol–water partition coefficient (Wildman–Crippen LogP) is 2.61. The summed E-state index contributed by atoms with van der Waals surface area (Å²) in [5.41, 5.74) is 3.39. The Hall–Kier alpha value is -1.33. The van der Waals surface area contributed by atoms with Crippen LogP contribution in [0.25, 0.3) is 0 Å². The molecule has 116 valence electrons. The van der Waals surface area contributed by atoms with E-state index in [9.17, 15) is 4.79 Å². The molecule has 1 aromatic rings. The van der Waals surface area contributed by atoms with Crippen molar-refractivity contribution in [1.29, 1.82) is 0 Å². The highest BCUT2D eigenvalue weighted by Crippen LogP contribution is 2.66. The Bertz CT molecular complexity index is 551. The fourth-order valence-electron chi connectivity index (χ4n) is 4.29. The Morgan fingerprint density at radius 3 is 2.86 bits per heavy atom. The number of hydrogen-bond donors (Lipinski definition) is 2. The average Bonchev–Trinajstić information content (AvgIpc) is 3.06. The van der Waals surface area contributed by atoms with Gasteiger partial charge in [-0.15, -0.1) is 0 Å². The largest absolute Gasteiger partial charge is 0.459 e. The van der Waals surface area contributed by atoms with Gasteiger partial charge in [-0.3, -0.25) is 10.2 Å². The molecular weight excluding hydrogens is 268 g/mol. The first kappa shape index (κ1) is 14.6. The number of nitrogens with one attached hydrogen (secondary N) is 1. The lowest BCUT2D eigenvalue weighted by atomic mass is 9.70. The molecule has 1 aromatic heterocycles. The van der Waals surface area contributed by atoms with E-state index in [0.717, 1.165) is 17.9 Å². The summed E-state index contributed by atoms with van der Waals surface area (Å²) in [5.74, 6) is 5.72. The normalized spacial score (nSPS) is 33.3. The number of nitrogens with two attached hydrogens (primary N) is 1. The van der Waals surface area contributed by atoms with Crippen LogP contribution in [0.2, 0.25) is 0 Å². The van der Waals surface area contributed by atoms with Gasteiger partial charge in [0.15, 0.2) is 5.76 Å². The molecule has 3 rings (SSSR count). The fraction of sp³-hybridized carbons (Fsp3) is 0.688. The monoisotopic (exact) mass is 292 g/mol. The van der Waals surface area contributed by atoms with E-state index in [1.165, 1.54) is 19.1 Å². The molecule has 3 N–H and O–H groups in total. The minimum Gasteiger partial charge on any atom is -0.459 e. The molecule has 3 atom stereocenters. The Balaban J connectivity index is 1.70. The van der Waals surface area contributed by atoms with Gasteiger partial charge in [0.05, 0.1) is 19.0 Å². The molecule has 2 saturated carbocycles. The molecule has 2 aliphatic rings. The quantitative estimate of drug-likeness (QED) is 0.508. The zero-order chi connectivity index (χ0) is 15.3. The van der Waals surface area contributed by atoms with Gasteiger partial charge in [0.25, 0.3) is 0 Å². The Kier molecular flexibility index (Phi) is 3.37. The van der Waals surface area contributed by atoms with Gasteiger partial charge >= 0.3 is 5.91 Å². The van der Waals surface area contributed by atoms with Crippen LogP contribution >= 0.6 is 0 Å². The van der Waals surface area contributed by atoms with Crippen molar-refractivity contribution in [3.63, 3.8) is 0 Å². The van der Waals surface area contributed by atoms with Crippen LogP contribution in [0.15, 0.2) is 16.7 Å². The summed E-state index contributed by atoms with van der Waals surface area (Å²) >= 11 is 0. The van der Waals surface area contributed by atoms with Gasteiger partial charge in [-0.25, -0.2) is 5.84 Å². The molecule has 0 aliphatic heterocycles. The number of nitrogen functional groups attached to an aromatic ring is 1. The van der Waals surface area contributed by atoms with Crippen LogP contribution in [-0.4, -0.2) is 12.0 Å². The van der Waals surface area contributed by atoms with Gasteiger partial charge in [0.1, 0.15) is 0 Å². The van der Waals surface area contributed by atoms with Crippen LogP contribution in [0, 0.1) is 16.7 Å². The Labute approximate surface area is 125 Å². The third-order valence-corrected chi connectivity index (χ3v) is 6.24. The van der Waals surface area contributed by atoms with Crippen molar-refractivity contribution in [2.45, 2.75) is 52.7 Å². The molecule has 5 heteroatoms. The number of ether oxygens (including phenoxy) is 1. The molecular formula is C16H24N2O3. The maximum atomic E-state index is 11.6. The van der Waals surface area contributed by atoms with E-state index in [1.807, 2.05) is 0 Å². The topological polar surface area (TPSA) is 77.5 Å². The van der Waals surface area contributed by atoms with Crippen LogP contribution in [0.5, 0.6) is 0 Å².